The average Bonchev–Trinajstić information content (AvgIpc) is 2.80. The molecular formula is C29H33ClN2O2. The van der Waals surface area contributed by atoms with E-state index in [-0.39, 0.29) is 24.3 Å². The standard InChI is InChI=1S/C29H33ClN2O2/c1-20(2)31-29(34)27(17-23-8-6-5-7-9-23)32(19-24-12-14-26(30)15-13-24)28(33)18-25-16-21(3)10-11-22(25)4/h5-16,20,27H,17-19H2,1-4H3,(H,31,34)/t27-/m1/s1. The van der Waals surface area contributed by atoms with Crippen molar-refractivity contribution in [2.75, 3.05) is 0 Å². The summed E-state index contributed by atoms with van der Waals surface area (Å²) in [6.45, 7) is 8.22. The van der Waals surface area contributed by atoms with Gasteiger partial charge in [0.1, 0.15) is 6.04 Å². The average molecular weight is 477 g/mol. The predicted molar refractivity (Wildman–Crippen MR) is 139 cm³/mol. The molecule has 0 aromatic heterocycles. The van der Waals surface area contributed by atoms with Gasteiger partial charge < -0.3 is 10.2 Å². The molecule has 1 N–H and O–H groups in total. The number of benzene rings is 3. The predicted octanol–water partition coefficient (Wildman–Crippen LogP) is 5.66. The molecule has 0 fully saturated rings. The SMILES string of the molecule is Cc1ccc(C)c(CC(=O)N(Cc2ccc(Cl)cc2)[C@H](Cc2ccccc2)C(=O)NC(C)C)c1. The minimum Gasteiger partial charge on any atom is -0.352 e. The molecule has 0 aliphatic rings. The van der Waals surface area contributed by atoms with Gasteiger partial charge in [-0.05, 0) is 62.1 Å². The minimum absolute atomic E-state index is 0.0303. The van der Waals surface area contributed by atoms with Gasteiger partial charge in [-0.1, -0.05) is 77.8 Å². The van der Waals surface area contributed by atoms with Crippen LogP contribution in [0, 0.1) is 13.8 Å². The number of nitrogens with one attached hydrogen (secondary N) is 1. The number of hydrogen-bond donors (Lipinski definition) is 1. The van der Waals surface area contributed by atoms with Crippen molar-refractivity contribution in [1.82, 2.24) is 10.2 Å². The quantitative estimate of drug-likeness (QED) is 0.433. The van der Waals surface area contributed by atoms with Crippen LogP contribution < -0.4 is 5.32 Å². The van der Waals surface area contributed by atoms with Crippen LogP contribution in [0.3, 0.4) is 0 Å². The van der Waals surface area contributed by atoms with Gasteiger partial charge in [-0.3, -0.25) is 9.59 Å². The number of amides is 2. The molecule has 178 valence electrons. The summed E-state index contributed by atoms with van der Waals surface area (Å²) < 4.78 is 0. The molecule has 2 amide bonds. The molecule has 3 rings (SSSR count). The number of hydrogen-bond acceptors (Lipinski definition) is 2. The fourth-order valence-electron chi connectivity index (χ4n) is 3.98. The number of aryl methyl sites for hydroxylation is 2. The molecule has 0 aliphatic carbocycles. The summed E-state index contributed by atoms with van der Waals surface area (Å²) in [6, 6.07) is 22.7. The molecule has 0 radical (unpaired) electrons. The van der Waals surface area contributed by atoms with E-state index >= 15 is 0 Å². The normalized spacial score (nSPS) is 11.8. The monoisotopic (exact) mass is 476 g/mol. The van der Waals surface area contributed by atoms with Crippen molar-refractivity contribution >= 4 is 23.4 Å². The van der Waals surface area contributed by atoms with Crippen molar-refractivity contribution in [3.05, 3.63) is 106 Å². The highest BCUT2D eigenvalue weighted by Gasteiger charge is 2.31. The van der Waals surface area contributed by atoms with Gasteiger partial charge in [-0.15, -0.1) is 0 Å². The van der Waals surface area contributed by atoms with E-state index in [1.165, 1.54) is 0 Å². The highest BCUT2D eigenvalue weighted by molar-refractivity contribution is 6.30. The Morgan fingerprint density at radius 2 is 1.59 bits per heavy atom. The summed E-state index contributed by atoms with van der Waals surface area (Å²) in [5.74, 6) is -0.231. The second kappa shape index (κ2) is 11.8. The zero-order valence-electron chi connectivity index (χ0n) is 20.3. The van der Waals surface area contributed by atoms with Gasteiger partial charge in [0.2, 0.25) is 11.8 Å². The van der Waals surface area contributed by atoms with E-state index in [2.05, 4.69) is 5.32 Å². The lowest BCUT2D eigenvalue weighted by atomic mass is 9.99. The summed E-state index contributed by atoms with van der Waals surface area (Å²) in [5, 5.41) is 3.66. The number of rotatable bonds is 9. The fraction of sp³-hybridized carbons (Fsp3) is 0.310. The summed E-state index contributed by atoms with van der Waals surface area (Å²) in [6.07, 6.45) is 0.673. The van der Waals surface area contributed by atoms with Crippen LogP contribution in [0.25, 0.3) is 0 Å². The van der Waals surface area contributed by atoms with E-state index in [0.717, 1.165) is 27.8 Å². The Morgan fingerprint density at radius 1 is 0.912 bits per heavy atom. The third-order valence-corrected chi connectivity index (χ3v) is 6.07. The molecule has 0 saturated carbocycles. The van der Waals surface area contributed by atoms with Gasteiger partial charge in [0, 0.05) is 24.0 Å². The number of carbonyl (C=O) groups excluding carboxylic acids is 2. The van der Waals surface area contributed by atoms with Crippen molar-refractivity contribution < 1.29 is 9.59 Å². The fourth-order valence-corrected chi connectivity index (χ4v) is 4.10. The van der Waals surface area contributed by atoms with Crippen LogP contribution in [0.4, 0.5) is 0 Å². The molecule has 0 bridgehead atoms. The largest absolute Gasteiger partial charge is 0.352 e. The van der Waals surface area contributed by atoms with Crippen LogP contribution in [-0.2, 0) is 29.0 Å². The third-order valence-electron chi connectivity index (χ3n) is 5.81. The second-order valence-corrected chi connectivity index (χ2v) is 9.56. The Labute approximate surface area is 207 Å². The Balaban J connectivity index is 1.99. The van der Waals surface area contributed by atoms with Gasteiger partial charge >= 0.3 is 0 Å². The van der Waals surface area contributed by atoms with Crippen molar-refractivity contribution in [3.8, 4) is 0 Å². The summed E-state index contributed by atoms with van der Waals surface area (Å²) >= 11 is 6.08. The first-order chi connectivity index (χ1) is 16.2. The molecule has 34 heavy (non-hydrogen) atoms. The van der Waals surface area contributed by atoms with Crippen LogP contribution >= 0.6 is 11.6 Å². The Kier molecular flexibility index (Phi) is 8.89. The van der Waals surface area contributed by atoms with Crippen molar-refractivity contribution in [2.24, 2.45) is 0 Å². The Morgan fingerprint density at radius 3 is 2.24 bits per heavy atom. The lowest BCUT2D eigenvalue weighted by molar-refractivity contribution is -0.141. The Bertz CT molecular complexity index is 1110. The molecule has 1 atom stereocenters. The zero-order valence-corrected chi connectivity index (χ0v) is 21.1. The van der Waals surface area contributed by atoms with Gasteiger partial charge in [0.25, 0.3) is 0 Å². The first-order valence-corrected chi connectivity index (χ1v) is 12.0. The van der Waals surface area contributed by atoms with E-state index < -0.39 is 6.04 Å². The maximum absolute atomic E-state index is 13.8. The van der Waals surface area contributed by atoms with Crippen LogP contribution in [-0.4, -0.2) is 28.8 Å². The van der Waals surface area contributed by atoms with Crippen LogP contribution in [0.15, 0.2) is 72.8 Å². The molecule has 0 unspecified atom stereocenters. The van der Waals surface area contributed by atoms with E-state index in [0.29, 0.717) is 18.0 Å². The van der Waals surface area contributed by atoms with Gasteiger partial charge in [-0.25, -0.2) is 0 Å². The van der Waals surface area contributed by atoms with Gasteiger partial charge in [-0.2, -0.15) is 0 Å². The highest BCUT2D eigenvalue weighted by atomic mass is 35.5. The van der Waals surface area contributed by atoms with Crippen LogP contribution in [0.1, 0.15) is 41.7 Å². The molecule has 0 aliphatic heterocycles. The maximum Gasteiger partial charge on any atom is 0.243 e. The highest BCUT2D eigenvalue weighted by Crippen LogP contribution is 2.19. The molecule has 5 heteroatoms. The van der Waals surface area contributed by atoms with E-state index in [4.69, 9.17) is 11.6 Å². The Hall–Kier alpha value is -3.11. The molecule has 0 heterocycles. The summed E-state index contributed by atoms with van der Waals surface area (Å²) in [7, 11) is 0. The smallest absolute Gasteiger partial charge is 0.243 e. The minimum atomic E-state index is -0.641. The lowest BCUT2D eigenvalue weighted by Crippen LogP contribution is -2.52. The van der Waals surface area contributed by atoms with E-state index in [1.54, 1.807) is 4.90 Å². The molecule has 3 aromatic carbocycles. The lowest BCUT2D eigenvalue weighted by Gasteiger charge is -2.32. The molecule has 4 nitrogen and oxygen atoms in total. The van der Waals surface area contributed by atoms with Crippen molar-refractivity contribution in [2.45, 2.75) is 59.2 Å². The van der Waals surface area contributed by atoms with E-state index in [1.807, 2.05) is 100 Å². The number of halogens is 1. The molecular weight excluding hydrogens is 444 g/mol. The number of nitrogens with zero attached hydrogens (tertiary/aromatic N) is 1. The first-order valence-electron chi connectivity index (χ1n) is 11.7. The zero-order chi connectivity index (χ0) is 24.7. The topological polar surface area (TPSA) is 49.4 Å². The van der Waals surface area contributed by atoms with Gasteiger partial charge in [0.05, 0.1) is 6.42 Å². The summed E-state index contributed by atoms with van der Waals surface area (Å²) in [5.41, 5.74) is 5.09. The van der Waals surface area contributed by atoms with Crippen molar-refractivity contribution in [1.29, 1.82) is 0 Å². The maximum atomic E-state index is 13.8. The number of carbonyl (C=O) groups is 2. The summed E-state index contributed by atoms with van der Waals surface area (Å²) in [4.78, 5) is 28.9. The second-order valence-electron chi connectivity index (χ2n) is 9.12. The molecule has 0 saturated heterocycles. The van der Waals surface area contributed by atoms with Crippen LogP contribution in [0.5, 0.6) is 0 Å². The molecule has 3 aromatic rings. The molecule has 0 spiro atoms. The van der Waals surface area contributed by atoms with Crippen molar-refractivity contribution in [3.63, 3.8) is 0 Å². The third kappa shape index (κ3) is 7.19. The van der Waals surface area contributed by atoms with Gasteiger partial charge in [0.15, 0.2) is 0 Å². The van der Waals surface area contributed by atoms with E-state index in [9.17, 15) is 9.59 Å². The first kappa shape index (κ1) is 25.5. The van der Waals surface area contributed by atoms with Crippen LogP contribution in [0.2, 0.25) is 5.02 Å².